The third-order valence-electron chi connectivity index (χ3n) is 3.28. The van der Waals surface area contributed by atoms with Crippen molar-refractivity contribution >= 4 is 23.3 Å². The van der Waals surface area contributed by atoms with Crippen LogP contribution in [0.25, 0.3) is 0 Å². The lowest BCUT2D eigenvalue weighted by molar-refractivity contribution is -0.116. The van der Waals surface area contributed by atoms with E-state index in [9.17, 15) is 18.8 Å². The van der Waals surface area contributed by atoms with Gasteiger partial charge in [-0.2, -0.15) is 5.26 Å². The number of rotatable bonds is 4. The van der Waals surface area contributed by atoms with Crippen LogP contribution in [0.2, 0.25) is 0 Å². The molecule has 2 amide bonds. The highest BCUT2D eigenvalue weighted by Crippen LogP contribution is 2.16. The van der Waals surface area contributed by atoms with Gasteiger partial charge in [0.2, 0.25) is 0 Å². The van der Waals surface area contributed by atoms with Gasteiger partial charge >= 0.3 is 0 Å². The van der Waals surface area contributed by atoms with Crippen LogP contribution in [0.15, 0.2) is 30.5 Å². The van der Waals surface area contributed by atoms with Crippen molar-refractivity contribution in [1.82, 2.24) is 9.88 Å². The van der Waals surface area contributed by atoms with Crippen LogP contribution in [0.3, 0.4) is 0 Å². The third kappa shape index (κ3) is 3.30. The van der Waals surface area contributed by atoms with Crippen molar-refractivity contribution in [3.63, 3.8) is 0 Å². The van der Waals surface area contributed by atoms with Gasteiger partial charge in [0.15, 0.2) is 0 Å². The van der Waals surface area contributed by atoms with Crippen molar-refractivity contribution in [2.45, 2.75) is 0 Å². The topological polar surface area (TPSA) is 104 Å². The van der Waals surface area contributed by atoms with E-state index >= 15 is 0 Å². The highest BCUT2D eigenvalue weighted by molar-refractivity contribution is 6.42. The Hall–Kier alpha value is -3.47. The molecule has 0 saturated carbocycles. The van der Waals surface area contributed by atoms with Gasteiger partial charge < -0.3 is 15.2 Å². The Balaban J connectivity index is 2.25. The standard InChI is InChI=1S/C16H13FN4O3/c1-19-16(24)14(22)10-6-13(21(2)8-10)15(23)20-11-3-4-12(17)9(5-11)7-18/h3-6,8H,1-2H3,(H,19,24)(H,20,23). The van der Waals surface area contributed by atoms with E-state index in [1.54, 1.807) is 13.1 Å². The number of amides is 2. The summed E-state index contributed by atoms with van der Waals surface area (Å²) >= 11 is 0. The van der Waals surface area contributed by atoms with Crippen LogP contribution < -0.4 is 10.6 Å². The number of Topliss-reactive ketones (excluding diaryl/α,β-unsaturated/α-hetero) is 1. The van der Waals surface area contributed by atoms with Gasteiger partial charge in [0.1, 0.15) is 17.6 Å². The molecular formula is C16H13FN4O3. The smallest absolute Gasteiger partial charge is 0.292 e. The molecule has 0 aliphatic carbocycles. The Labute approximate surface area is 136 Å². The van der Waals surface area contributed by atoms with Gasteiger partial charge in [-0.25, -0.2) is 4.39 Å². The first-order chi connectivity index (χ1) is 11.4. The molecule has 1 aromatic carbocycles. The maximum absolute atomic E-state index is 13.3. The second-order valence-electron chi connectivity index (χ2n) is 4.89. The zero-order valence-electron chi connectivity index (χ0n) is 12.9. The summed E-state index contributed by atoms with van der Waals surface area (Å²) in [6.07, 6.45) is 1.36. The van der Waals surface area contributed by atoms with Crippen LogP contribution in [0.1, 0.15) is 26.4 Å². The molecule has 0 aliphatic heterocycles. The first-order valence-corrected chi connectivity index (χ1v) is 6.81. The van der Waals surface area contributed by atoms with Crippen LogP contribution >= 0.6 is 0 Å². The van der Waals surface area contributed by atoms with Crippen LogP contribution in [-0.4, -0.2) is 29.2 Å². The fourth-order valence-corrected chi connectivity index (χ4v) is 2.04. The number of likely N-dealkylation sites (N-methyl/N-ethyl adjacent to an activating group) is 1. The first-order valence-electron chi connectivity index (χ1n) is 6.81. The van der Waals surface area contributed by atoms with Crippen molar-refractivity contribution in [2.24, 2.45) is 7.05 Å². The number of hydrogen-bond acceptors (Lipinski definition) is 4. The Morgan fingerprint density at radius 1 is 1.25 bits per heavy atom. The molecule has 0 atom stereocenters. The molecule has 0 saturated heterocycles. The number of nitrogens with zero attached hydrogens (tertiary/aromatic N) is 2. The normalized spacial score (nSPS) is 9.92. The molecular weight excluding hydrogens is 315 g/mol. The first kappa shape index (κ1) is 16.9. The zero-order valence-corrected chi connectivity index (χ0v) is 12.9. The molecule has 0 unspecified atom stereocenters. The molecule has 2 aromatic rings. The minimum atomic E-state index is -0.787. The molecule has 0 spiro atoms. The number of hydrogen-bond donors (Lipinski definition) is 2. The van der Waals surface area contributed by atoms with Gasteiger partial charge in [0, 0.05) is 31.5 Å². The quantitative estimate of drug-likeness (QED) is 0.650. The van der Waals surface area contributed by atoms with E-state index in [2.05, 4.69) is 10.6 Å². The summed E-state index contributed by atoms with van der Waals surface area (Å²) in [5.41, 5.74) is 0.234. The molecule has 0 fully saturated rings. The Morgan fingerprint density at radius 2 is 1.96 bits per heavy atom. The van der Waals surface area contributed by atoms with Gasteiger partial charge in [-0.15, -0.1) is 0 Å². The summed E-state index contributed by atoms with van der Waals surface area (Å²) in [7, 11) is 2.87. The molecule has 0 bridgehead atoms. The van der Waals surface area contributed by atoms with E-state index < -0.39 is 23.4 Å². The summed E-state index contributed by atoms with van der Waals surface area (Å²) in [5, 5.41) is 13.5. The predicted molar refractivity (Wildman–Crippen MR) is 82.9 cm³/mol. The van der Waals surface area contributed by atoms with Crippen molar-refractivity contribution < 1.29 is 18.8 Å². The Bertz CT molecular complexity index is 880. The van der Waals surface area contributed by atoms with E-state index in [1.165, 1.54) is 36.0 Å². The van der Waals surface area contributed by atoms with E-state index in [1.807, 2.05) is 0 Å². The van der Waals surface area contributed by atoms with Crippen molar-refractivity contribution in [3.8, 4) is 6.07 Å². The molecule has 8 heteroatoms. The van der Waals surface area contributed by atoms with E-state index in [-0.39, 0.29) is 22.5 Å². The lowest BCUT2D eigenvalue weighted by Gasteiger charge is -2.06. The number of nitrogens with one attached hydrogen (secondary N) is 2. The number of halogens is 1. The van der Waals surface area contributed by atoms with E-state index in [0.29, 0.717) is 0 Å². The molecule has 1 heterocycles. The number of aromatic nitrogens is 1. The number of ketones is 1. The SMILES string of the molecule is CNC(=O)C(=O)c1cc(C(=O)Nc2ccc(F)c(C#N)c2)n(C)c1. The maximum atomic E-state index is 13.3. The van der Waals surface area contributed by atoms with Gasteiger partial charge in [-0.05, 0) is 24.3 Å². The number of nitriles is 1. The minimum absolute atomic E-state index is 0.0684. The summed E-state index contributed by atoms with van der Waals surface area (Å²) in [5.74, 6) is -2.80. The van der Waals surface area contributed by atoms with Gasteiger partial charge in [-0.3, -0.25) is 14.4 Å². The number of benzene rings is 1. The van der Waals surface area contributed by atoms with Crippen molar-refractivity contribution in [1.29, 1.82) is 5.26 Å². The van der Waals surface area contributed by atoms with Crippen LogP contribution in [0.5, 0.6) is 0 Å². The van der Waals surface area contributed by atoms with Crippen LogP contribution in [0.4, 0.5) is 10.1 Å². The molecule has 2 N–H and O–H groups in total. The lowest BCUT2D eigenvalue weighted by Crippen LogP contribution is -2.27. The number of carbonyl (C=O) groups is 3. The molecule has 1 aromatic heterocycles. The summed E-state index contributed by atoms with van der Waals surface area (Å²) in [4.78, 5) is 35.4. The molecule has 0 radical (unpaired) electrons. The largest absolute Gasteiger partial charge is 0.352 e. The van der Waals surface area contributed by atoms with Crippen molar-refractivity contribution in [2.75, 3.05) is 12.4 Å². The van der Waals surface area contributed by atoms with E-state index in [4.69, 9.17) is 5.26 Å². The highest BCUT2D eigenvalue weighted by atomic mass is 19.1. The summed E-state index contributed by atoms with van der Waals surface area (Å²) in [6, 6.07) is 6.54. The minimum Gasteiger partial charge on any atom is -0.352 e. The number of carbonyl (C=O) groups excluding carboxylic acids is 3. The van der Waals surface area contributed by atoms with Gasteiger partial charge in [0.25, 0.3) is 17.6 Å². The summed E-state index contributed by atoms with van der Waals surface area (Å²) < 4.78 is 14.7. The molecule has 2 rings (SSSR count). The summed E-state index contributed by atoms with van der Waals surface area (Å²) in [6.45, 7) is 0. The maximum Gasteiger partial charge on any atom is 0.292 e. The van der Waals surface area contributed by atoms with Crippen molar-refractivity contribution in [3.05, 3.63) is 53.1 Å². The molecule has 122 valence electrons. The number of aryl methyl sites for hydroxylation is 1. The second kappa shape index (κ2) is 6.75. The highest BCUT2D eigenvalue weighted by Gasteiger charge is 2.20. The van der Waals surface area contributed by atoms with E-state index in [0.717, 1.165) is 6.07 Å². The zero-order chi connectivity index (χ0) is 17.9. The third-order valence-corrected chi connectivity index (χ3v) is 3.28. The lowest BCUT2D eigenvalue weighted by atomic mass is 10.2. The molecule has 24 heavy (non-hydrogen) atoms. The molecule has 0 aliphatic rings. The second-order valence-corrected chi connectivity index (χ2v) is 4.89. The molecule has 7 nitrogen and oxygen atoms in total. The number of anilines is 1. The Morgan fingerprint density at radius 3 is 2.58 bits per heavy atom. The Kier molecular flexibility index (Phi) is 4.75. The monoisotopic (exact) mass is 328 g/mol. The fraction of sp³-hybridized carbons (Fsp3) is 0.125. The average molecular weight is 328 g/mol. The fourth-order valence-electron chi connectivity index (χ4n) is 2.04. The van der Waals surface area contributed by atoms with Crippen LogP contribution in [-0.2, 0) is 11.8 Å². The predicted octanol–water partition coefficient (Wildman–Crippen LogP) is 1.22. The van der Waals surface area contributed by atoms with Gasteiger partial charge in [0.05, 0.1) is 5.56 Å². The van der Waals surface area contributed by atoms with Crippen LogP contribution in [0, 0.1) is 17.1 Å². The average Bonchev–Trinajstić information content (AvgIpc) is 2.97. The van der Waals surface area contributed by atoms with Gasteiger partial charge in [-0.1, -0.05) is 0 Å².